The minimum Gasteiger partial charge on any atom is -0.468 e. The van der Waals surface area contributed by atoms with Crippen molar-refractivity contribution in [2.75, 3.05) is 32.1 Å². The van der Waals surface area contributed by atoms with Crippen LogP contribution in [0.15, 0.2) is 29.2 Å². The van der Waals surface area contributed by atoms with Crippen LogP contribution in [-0.4, -0.2) is 50.4 Å². The number of benzene rings is 1. The second-order valence-corrected chi connectivity index (χ2v) is 7.97. The molecule has 1 aromatic heterocycles. The maximum Gasteiger partial charge on any atom is 0.325 e. The fourth-order valence-electron chi connectivity index (χ4n) is 2.96. The van der Waals surface area contributed by atoms with E-state index in [0.29, 0.717) is 29.7 Å². The Kier molecular flexibility index (Phi) is 4.91. The minimum atomic E-state index is -3.51. The zero-order chi connectivity index (χ0) is 18.0. The average Bonchev–Trinajstić information content (AvgIpc) is 3.14. The molecule has 25 heavy (non-hydrogen) atoms. The number of fused-ring (bicyclic) bond motifs is 1. The molecule has 1 aromatic carbocycles. The monoisotopic (exact) mass is 363 g/mol. The van der Waals surface area contributed by atoms with E-state index >= 15 is 0 Å². The van der Waals surface area contributed by atoms with Crippen LogP contribution in [0.2, 0.25) is 0 Å². The van der Waals surface area contributed by atoms with Gasteiger partial charge >= 0.3 is 5.97 Å². The lowest BCUT2D eigenvalue weighted by Crippen LogP contribution is -2.27. The number of rotatable bonds is 5. The summed E-state index contributed by atoms with van der Waals surface area (Å²) < 4.78 is 31.7. The number of sulfonamides is 1. The minimum absolute atomic E-state index is 0.00183. The van der Waals surface area contributed by atoms with Gasteiger partial charge < -0.3 is 10.1 Å². The SMILES string of the molecule is COC(=O)CNc1cc(C)nc2ccc(S(=O)(=O)N3CCCC3)cc12. The van der Waals surface area contributed by atoms with E-state index in [0.717, 1.165) is 18.5 Å². The molecule has 0 amide bonds. The van der Waals surface area contributed by atoms with Gasteiger partial charge in [-0.15, -0.1) is 0 Å². The summed E-state index contributed by atoms with van der Waals surface area (Å²) in [7, 11) is -2.19. The lowest BCUT2D eigenvalue weighted by atomic mass is 10.1. The molecule has 3 rings (SSSR count). The topological polar surface area (TPSA) is 88.6 Å². The molecule has 2 heterocycles. The quantitative estimate of drug-likeness (QED) is 0.817. The first kappa shape index (κ1) is 17.6. The second kappa shape index (κ2) is 6.97. The third kappa shape index (κ3) is 3.59. The van der Waals surface area contributed by atoms with Gasteiger partial charge in [0, 0.05) is 29.9 Å². The maximum atomic E-state index is 12.8. The number of carbonyl (C=O) groups is 1. The average molecular weight is 363 g/mol. The Bertz CT molecular complexity index is 905. The highest BCUT2D eigenvalue weighted by molar-refractivity contribution is 7.89. The van der Waals surface area contributed by atoms with Crippen molar-refractivity contribution in [1.82, 2.24) is 9.29 Å². The number of anilines is 1. The first-order chi connectivity index (χ1) is 11.9. The molecule has 134 valence electrons. The number of nitrogens with zero attached hydrogens (tertiary/aromatic N) is 2. The van der Waals surface area contributed by atoms with Crippen LogP contribution in [0.3, 0.4) is 0 Å². The molecule has 0 saturated carbocycles. The van der Waals surface area contributed by atoms with Gasteiger partial charge in [0.25, 0.3) is 0 Å². The predicted molar refractivity (Wildman–Crippen MR) is 95.0 cm³/mol. The smallest absolute Gasteiger partial charge is 0.325 e. The highest BCUT2D eigenvalue weighted by atomic mass is 32.2. The number of pyridine rings is 1. The van der Waals surface area contributed by atoms with Crippen LogP contribution in [0.4, 0.5) is 5.69 Å². The van der Waals surface area contributed by atoms with Gasteiger partial charge in [0.15, 0.2) is 0 Å². The number of nitrogens with one attached hydrogen (secondary N) is 1. The van der Waals surface area contributed by atoms with Crippen LogP contribution >= 0.6 is 0 Å². The first-order valence-electron chi connectivity index (χ1n) is 8.14. The summed E-state index contributed by atoms with van der Waals surface area (Å²) in [4.78, 5) is 16.1. The molecule has 0 spiro atoms. The molecule has 1 aliphatic heterocycles. The Hall–Kier alpha value is -2.19. The summed E-state index contributed by atoms with van der Waals surface area (Å²) in [6.07, 6.45) is 1.78. The van der Waals surface area contributed by atoms with Crippen molar-refractivity contribution in [3.05, 3.63) is 30.0 Å². The number of methoxy groups -OCH3 is 1. The Balaban J connectivity index is 2.03. The molecule has 7 nitrogen and oxygen atoms in total. The summed E-state index contributed by atoms with van der Waals surface area (Å²) in [5.74, 6) is -0.400. The fraction of sp³-hybridized carbons (Fsp3) is 0.412. The molecule has 0 atom stereocenters. The second-order valence-electron chi connectivity index (χ2n) is 6.03. The van der Waals surface area contributed by atoms with E-state index in [1.807, 2.05) is 6.92 Å². The predicted octanol–water partition coefficient (Wildman–Crippen LogP) is 1.91. The van der Waals surface area contributed by atoms with Gasteiger partial charge in [-0.1, -0.05) is 0 Å². The maximum absolute atomic E-state index is 12.8. The molecule has 1 N–H and O–H groups in total. The van der Waals surface area contributed by atoms with E-state index in [4.69, 9.17) is 0 Å². The van der Waals surface area contributed by atoms with E-state index in [1.165, 1.54) is 11.4 Å². The molecule has 0 aliphatic carbocycles. The molecule has 1 aliphatic rings. The Morgan fingerprint density at radius 3 is 2.68 bits per heavy atom. The van der Waals surface area contributed by atoms with Gasteiger partial charge in [0.1, 0.15) is 6.54 Å². The van der Waals surface area contributed by atoms with Gasteiger partial charge in [-0.25, -0.2) is 8.42 Å². The van der Waals surface area contributed by atoms with Crippen molar-refractivity contribution in [2.24, 2.45) is 0 Å². The van der Waals surface area contributed by atoms with Crippen molar-refractivity contribution >= 4 is 32.6 Å². The molecule has 2 aromatic rings. The lowest BCUT2D eigenvalue weighted by Gasteiger charge is -2.16. The third-order valence-electron chi connectivity index (χ3n) is 4.26. The molecule has 8 heteroatoms. The number of aromatic nitrogens is 1. The van der Waals surface area contributed by atoms with Gasteiger partial charge in [-0.3, -0.25) is 9.78 Å². The van der Waals surface area contributed by atoms with E-state index < -0.39 is 16.0 Å². The van der Waals surface area contributed by atoms with Crippen LogP contribution in [0, 0.1) is 6.92 Å². The molecular weight excluding hydrogens is 342 g/mol. The van der Waals surface area contributed by atoms with Crippen molar-refractivity contribution in [1.29, 1.82) is 0 Å². The largest absolute Gasteiger partial charge is 0.468 e. The normalized spacial score (nSPS) is 15.4. The fourth-order valence-corrected chi connectivity index (χ4v) is 4.50. The standard InChI is InChI=1S/C17H21N3O4S/c1-12-9-16(18-11-17(21)24-2)14-10-13(5-6-15(14)19-12)25(22,23)20-7-3-4-8-20/h5-6,9-10H,3-4,7-8,11H2,1-2H3,(H,18,19). The van der Waals surface area contributed by atoms with Crippen LogP contribution < -0.4 is 5.32 Å². The van der Waals surface area contributed by atoms with E-state index in [2.05, 4.69) is 15.0 Å². The summed E-state index contributed by atoms with van der Waals surface area (Å²) in [5, 5.41) is 3.67. The first-order valence-corrected chi connectivity index (χ1v) is 9.58. The van der Waals surface area contributed by atoms with Gasteiger partial charge in [0.05, 0.1) is 17.5 Å². The molecule has 1 saturated heterocycles. The van der Waals surface area contributed by atoms with Crippen molar-refractivity contribution < 1.29 is 17.9 Å². The number of hydrogen-bond acceptors (Lipinski definition) is 6. The van der Waals surface area contributed by atoms with Gasteiger partial charge in [-0.2, -0.15) is 4.31 Å². The highest BCUT2D eigenvalue weighted by Gasteiger charge is 2.27. The van der Waals surface area contributed by atoms with E-state index in [9.17, 15) is 13.2 Å². The summed E-state index contributed by atoms with van der Waals surface area (Å²) >= 11 is 0. The van der Waals surface area contributed by atoms with Crippen LogP contribution in [0.25, 0.3) is 10.9 Å². The zero-order valence-corrected chi connectivity index (χ0v) is 15.1. The molecule has 0 bridgehead atoms. The highest BCUT2D eigenvalue weighted by Crippen LogP contribution is 2.28. The summed E-state index contributed by atoms with van der Waals surface area (Å²) in [5.41, 5.74) is 2.11. The summed E-state index contributed by atoms with van der Waals surface area (Å²) in [6.45, 7) is 2.95. The van der Waals surface area contributed by atoms with E-state index in [1.54, 1.807) is 24.3 Å². The van der Waals surface area contributed by atoms with E-state index in [-0.39, 0.29) is 11.4 Å². The Labute approximate surface area is 147 Å². The Morgan fingerprint density at radius 1 is 1.28 bits per heavy atom. The number of hydrogen-bond donors (Lipinski definition) is 1. The van der Waals surface area contributed by atoms with Gasteiger partial charge in [-0.05, 0) is 44.0 Å². The molecule has 0 radical (unpaired) electrons. The zero-order valence-electron chi connectivity index (χ0n) is 14.3. The van der Waals surface area contributed by atoms with Crippen molar-refractivity contribution in [3.8, 4) is 0 Å². The summed E-state index contributed by atoms with van der Waals surface area (Å²) in [6, 6.07) is 6.70. The third-order valence-corrected chi connectivity index (χ3v) is 6.16. The molecule has 0 unspecified atom stereocenters. The van der Waals surface area contributed by atoms with Gasteiger partial charge in [0.2, 0.25) is 10.0 Å². The van der Waals surface area contributed by atoms with Crippen molar-refractivity contribution in [3.63, 3.8) is 0 Å². The van der Waals surface area contributed by atoms with Crippen LogP contribution in [-0.2, 0) is 19.6 Å². The molecule has 1 fully saturated rings. The Morgan fingerprint density at radius 2 is 2.00 bits per heavy atom. The lowest BCUT2D eigenvalue weighted by molar-refractivity contribution is -0.138. The number of aryl methyl sites for hydroxylation is 1. The van der Waals surface area contributed by atoms with Crippen molar-refractivity contribution in [2.45, 2.75) is 24.7 Å². The number of carbonyl (C=O) groups excluding carboxylic acids is 1. The van der Waals surface area contributed by atoms with Crippen LogP contribution in [0.5, 0.6) is 0 Å². The number of esters is 1. The van der Waals surface area contributed by atoms with Crippen LogP contribution in [0.1, 0.15) is 18.5 Å². The molecular formula is C17H21N3O4S. The number of ether oxygens (including phenoxy) is 1.